The molecular formula is C20H6F2N6. The van der Waals surface area contributed by atoms with Crippen molar-refractivity contribution in [2.75, 3.05) is 0 Å². The molecule has 0 atom stereocenters. The summed E-state index contributed by atoms with van der Waals surface area (Å²) in [4.78, 5) is 14.5. The molecule has 2 aromatic carbocycles. The maximum Gasteiger partial charge on any atom is 0.224 e. The summed E-state index contributed by atoms with van der Waals surface area (Å²) in [5.74, 6) is -1.79. The molecule has 0 saturated carbocycles. The van der Waals surface area contributed by atoms with E-state index >= 15 is 0 Å². The lowest BCUT2D eigenvalue weighted by molar-refractivity contribution is 0.629. The quantitative estimate of drug-likeness (QED) is 0.600. The Hall–Kier alpha value is -4.66. The second kappa shape index (κ2) is 7.30. The summed E-state index contributed by atoms with van der Waals surface area (Å²) in [5.41, 5.74) is 0.0684. The van der Waals surface area contributed by atoms with Crippen LogP contribution in [0.25, 0.3) is 32.2 Å². The van der Waals surface area contributed by atoms with Gasteiger partial charge in [0.2, 0.25) is 11.4 Å². The number of hydrogen-bond acceptors (Lipinski definition) is 4. The van der Waals surface area contributed by atoms with Crippen LogP contribution in [0.2, 0.25) is 0 Å². The first-order chi connectivity index (χ1) is 13.5. The van der Waals surface area contributed by atoms with E-state index in [1.807, 2.05) is 0 Å². The molecule has 1 heterocycles. The Morgan fingerprint density at radius 2 is 1.14 bits per heavy atom. The molecule has 3 rings (SSSR count). The molecule has 28 heavy (non-hydrogen) atoms. The first-order valence-corrected chi connectivity index (χ1v) is 7.57. The standard InChI is InChI=1S/C20H6F2N6/c1-25-15-5-11(3-13(7-23)19(15)21)17-9-28-18(10-27-17)12-4-14(8-24)20(22)16(6-12)26-2/h3-6,9-10H. The molecule has 130 valence electrons. The summed E-state index contributed by atoms with van der Waals surface area (Å²) in [6.07, 6.45) is 2.68. The average molecular weight is 368 g/mol. The number of halogens is 2. The summed E-state index contributed by atoms with van der Waals surface area (Å²) >= 11 is 0. The van der Waals surface area contributed by atoms with Gasteiger partial charge in [-0.25, -0.2) is 18.5 Å². The van der Waals surface area contributed by atoms with Crippen molar-refractivity contribution in [2.24, 2.45) is 0 Å². The molecule has 1 aromatic heterocycles. The van der Waals surface area contributed by atoms with Crippen LogP contribution in [-0.2, 0) is 0 Å². The molecule has 0 aliphatic heterocycles. The zero-order chi connectivity index (χ0) is 20.3. The van der Waals surface area contributed by atoms with E-state index in [0.29, 0.717) is 11.1 Å². The van der Waals surface area contributed by atoms with Gasteiger partial charge in [0.05, 0.1) is 48.1 Å². The van der Waals surface area contributed by atoms with E-state index in [0.717, 1.165) is 0 Å². The van der Waals surface area contributed by atoms with Crippen molar-refractivity contribution in [3.05, 3.63) is 82.3 Å². The molecule has 0 saturated heterocycles. The second-order valence-corrected chi connectivity index (χ2v) is 5.45. The van der Waals surface area contributed by atoms with Gasteiger partial charge in [0, 0.05) is 0 Å². The van der Waals surface area contributed by atoms with Crippen molar-refractivity contribution in [3.8, 4) is 34.7 Å². The molecular weight excluding hydrogens is 362 g/mol. The van der Waals surface area contributed by atoms with Crippen LogP contribution >= 0.6 is 0 Å². The van der Waals surface area contributed by atoms with Crippen molar-refractivity contribution < 1.29 is 8.78 Å². The van der Waals surface area contributed by atoms with Crippen LogP contribution in [0.1, 0.15) is 11.1 Å². The summed E-state index contributed by atoms with van der Waals surface area (Å²) in [5, 5.41) is 18.0. The molecule has 0 fully saturated rings. The van der Waals surface area contributed by atoms with Crippen LogP contribution in [0, 0.1) is 47.4 Å². The van der Waals surface area contributed by atoms with Crippen LogP contribution in [0.4, 0.5) is 20.2 Å². The molecule has 0 amide bonds. The minimum atomic E-state index is -0.896. The summed E-state index contributed by atoms with van der Waals surface area (Å²) in [7, 11) is 0. The highest BCUT2D eigenvalue weighted by molar-refractivity contribution is 5.72. The lowest BCUT2D eigenvalue weighted by Crippen LogP contribution is -1.93. The second-order valence-electron chi connectivity index (χ2n) is 5.45. The zero-order valence-electron chi connectivity index (χ0n) is 13.9. The number of benzene rings is 2. The number of hydrogen-bond donors (Lipinski definition) is 0. The Bertz CT molecular complexity index is 1100. The molecule has 0 N–H and O–H groups in total. The molecule has 0 unspecified atom stereocenters. The highest BCUT2D eigenvalue weighted by Gasteiger charge is 2.15. The molecule has 3 aromatic rings. The van der Waals surface area contributed by atoms with Crippen LogP contribution in [-0.4, -0.2) is 9.97 Å². The number of nitriles is 2. The fraction of sp³-hybridized carbons (Fsp3) is 0. The largest absolute Gasteiger partial charge is 0.252 e. The highest BCUT2D eigenvalue weighted by atomic mass is 19.1. The van der Waals surface area contributed by atoms with E-state index in [1.54, 1.807) is 12.1 Å². The van der Waals surface area contributed by atoms with Crippen LogP contribution in [0.3, 0.4) is 0 Å². The third kappa shape index (κ3) is 3.10. The van der Waals surface area contributed by atoms with Crippen LogP contribution in [0.15, 0.2) is 36.7 Å². The smallest absolute Gasteiger partial charge is 0.224 e. The van der Waals surface area contributed by atoms with E-state index in [-0.39, 0.29) is 33.9 Å². The van der Waals surface area contributed by atoms with E-state index in [9.17, 15) is 8.78 Å². The minimum Gasteiger partial charge on any atom is -0.252 e. The van der Waals surface area contributed by atoms with Crippen molar-refractivity contribution in [2.45, 2.75) is 0 Å². The van der Waals surface area contributed by atoms with Gasteiger partial charge in [-0.05, 0) is 35.4 Å². The Morgan fingerprint density at radius 1 is 0.750 bits per heavy atom. The van der Waals surface area contributed by atoms with E-state index in [2.05, 4.69) is 19.7 Å². The van der Waals surface area contributed by atoms with Gasteiger partial charge < -0.3 is 0 Å². The monoisotopic (exact) mass is 368 g/mol. The Labute approximate surface area is 158 Å². The van der Waals surface area contributed by atoms with Crippen LogP contribution in [0.5, 0.6) is 0 Å². The van der Waals surface area contributed by atoms with E-state index in [1.165, 1.54) is 36.7 Å². The van der Waals surface area contributed by atoms with Crippen LogP contribution < -0.4 is 0 Å². The Morgan fingerprint density at radius 3 is 1.43 bits per heavy atom. The predicted molar refractivity (Wildman–Crippen MR) is 94.8 cm³/mol. The molecule has 0 aliphatic carbocycles. The average Bonchev–Trinajstić information content (AvgIpc) is 2.74. The van der Waals surface area contributed by atoms with Gasteiger partial charge in [-0.2, -0.15) is 10.5 Å². The van der Waals surface area contributed by atoms with Gasteiger partial charge in [0.1, 0.15) is 23.8 Å². The minimum absolute atomic E-state index is 0.284. The molecule has 0 bridgehead atoms. The Balaban J connectivity index is 2.07. The Kier molecular flexibility index (Phi) is 4.73. The van der Waals surface area contributed by atoms with E-state index in [4.69, 9.17) is 23.7 Å². The van der Waals surface area contributed by atoms with Crippen molar-refractivity contribution >= 4 is 11.4 Å². The number of rotatable bonds is 2. The number of aromatic nitrogens is 2. The fourth-order valence-corrected chi connectivity index (χ4v) is 2.47. The third-order valence-electron chi connectivity index (χ3n) is 3.83. The summed E-state index contributed by atoms with van der Waals surface area (Å²) in [6, 6.07) is 8.41. The molecule has 6 nitrogen and oxygen atoms in total. The van der Waals surface area contributed by atoms with E-state index < -0.39 is 11.6 Å². The number of nitrogens with zero attached hydrogens (tertiary/aromatic N) is 6. The normalized spacial score (nSPS) is 9.64. The van der Waals surface area contributed by atoms with Gasteiger partial charge in [0.25, 0.3) is 0 Å². The van der Waals surface area contributed by atoms with Crippen molar-refractivity contribution in [1.82, 2.24) is 9.97 Å². The van der Waals surface area contributed by atoms with Gasteiger partial charge in [-0.15, -0.1) is 0 Å². The topological polar surface area (TPSA) is 82.1 Å². The predicted octanol–water partition coefficient (Wildman–Crippen LogP) is 4.93. The molecule has 0 spiro atoms. The lowest BCUT2D eigenvalue weighted by atomic mass is 10.1. The summed E-state index contributed by atoms with van der Waals surface area (Å²) < 4.78 is 27.8. The van der Waals surface area contributed by atoms with Gasteiger partial charge in [0.15, 0.2) is 0 Å². The first kappa shape index (κ1) is 18.1. The lowest BCUT2D eigenvalue weighted by Gasteiger charge is -2.07. The molecule has 0 aliphatic rings. The van der Waals surface area contributed by atoms with Gasteiger partial charge in [-0.3, -0.25) is 9.97 Å². The fourth-order valence-electron chi connectivity index (χ4n) is 2.47. The van der Waals surface area contributed by atoms with Crippen molar-refractivity contribution in [3.63, 3.8) is 0 Å². The first-order valence-electron chi connectivity index (χ1n) is 7.57. The third-order valence-corrected chi connectivity index (χ3v) is 3.83. The SMILES string of the molecule is [C-]#[N+]c1cc(-c2cnc(-c3cc(C#N)c(F)c([N+]#[C-])c3)cn2)cc(C#N)c1F. The highest BCUT2D eigenvalue weighted by Crippen LogP contribution is 2.31. The zero-order valence-corrected chi connectivity index (χ0v) is 13.9. The molecule has 0 radical (unpaired) electrons. The maximum atomic E-state index is 13.9. The van der Waals surface area contributed by atoms with Crippen molar-refractivity contribution in [1.29, 1.82) is 10.5 Å². The molecule has 8 heteroatoms. The summed E-state index contributed by atoms with van der Waals surface area (Å²) in [6.45, 7) is 14.0. The van der Waals surface area contributed by atoms with Gasteiger partial charge >= 0.3 is 0 Å². The van der Waals surface area contributed by atoms with Gasteiger partial charge in [-0.1, -0.05) is 0 Å². The maximum absolute atomic E-state index is 13.9.